The van der Waals surface area contributed by atoms with Crippen molar-refractivity contribution in [3.63, 3.8) is 0 Å². The summed E-state index contributed by atoms with van der Waals surface area (Å²) in [7, 11) is 1.73. The summed E-state index contributed by atoms with van der Waals surface area (Å²) in [4.78, 5) is 2.62. The first kappa shape index (κ1) is 16.3. The van der Waals surface area contributed by atoms with Gasteiger partial charge in [-0.05, 0) is 43.5 Å². The van der Waals surface area contributed by atoms with E-state index in [0.29, 0.717) is 12.1 Å². The molecule has 1 aromatic rings. The Bertz CT molecular complexity index is 435. The normalized spacial score (nSPS) is 25.3. The average Bonchev–Trinajstić information content (AvgIpc) is 2.69. The molecule has 0 aromatic heterocycles. The van der Waals surface area contributed by atoms with Crippen LogP contribution in [0.5, 0.6) is 5.75 Å². The molecular formula is C18H30N2O. The molecule has 1 fully saturated rings. The Labute approximate surface area is 129 Å². The number of hydrogen-bond donors (Lipinski definition) is 1. The highest BCUT2D eigenvalue weighted by atomic mass is 16.5. The van der Waals surface area contributed by atoms with Gasteiger partial charge in [0.05, 0.1) is 7.11 Å². The van der Waals surface area contributed by atoms with Gasteiger partial charge < -0.3 is 10.1 Å². The van der Waals surface area contributed by atoms with Crippen molar-refractivity contribution in [3.05, 3.63) is 29.8 Å². The summed E-state index contributed by atoms with van der Waals surface area (Å²) in [5, 5.41) is 3.73. The number of nitrogens with zero attached hydrogens (tertiary/aromatic N) is 1. The van der Waals surface area contributed by atoms with E-state index in [1.807, 2.05) is 6.07 Å². The number of benzene rings is 1. The summed E-state index contributed by atoms with van der Waals surface area (Å²) in [6.45, 7) is 10.3. The third-order valence-corrected chi connectivity index (χ3v) is 4.87. The molecule has 0 spiro atoms. The average molecular weight is 290 g/mol. The molecule has 1 N–H and O–H groups in total. The summed E-state index contributed by atoms with van der Waals surface area (Å²) in [6.07, 6.45) is 2.45. The van der Waals surface area contributed by atoms with Gasteiger partial charge in [-0.1, -0.05) is 32.4 Å². The molecule has 1 aromatic carbocycles. The van der Waals surface area contributed by atoms with Crippen molar-refractivity contribution < 1.29 is 4.74 Å². The fourth-order valence-electron chi connectivity index (χ4n) is 3.05. The molecule has 1 aliphatic heterocycles. The highest BCUT2D eigenvalue weighted by molar-refractivity contribution is 5.28. The van der Waals surface area contributed by atoms with E-state index in [1.165, 1.54) is 18.4 Å². The smallest absolute Gasteiger partial charge is 0.119 e. The number of hydrogen-bond acceptors (Lipinski definition) is 3. The van der Waals surface area contributed by atoms with Crippen molar-refractivity contribution in [1.82, 2.24) is 10.2 Å². The standard InChI is InChI=1S/C18H30N2O/c1-5-14(2)18-13-20(15(3)9-10-19-18)12-16-7-6-8-17(11-16)21-4/h6-8,11,14-15,18-19H,5,9-10,12-13H2,1-4H3. The van der Waals surface area contributed by atoms with Crippen LogP contribution in [0.15, 0.2) is 24.3 Å². The maximum Gasteiger partial charge on any atom is 0.119 e. The van der Waals surface area contributed by atoms with Gasteiger partial charge in [-0.15, -0.1) is 0 Å². The van der Waals surface area contributed by atoms with Gasteiger partial charge in [-0.2, -0.15) is 0 Å². The van der Waals surface area contributed by atoms with Crippen molar-refractivity contribution in [2.45, 2.75) is 52.2 Å². The van der Waals surface area contributed by atoms with Crippen LogP contribution in [0.1, 0.15) is 39.2 Å². The van der Waals surface area contributed by atoms with Gasteiger partial charge in [0.2, 0.25) is 0 Å². The second kappa shape index (κ2) is 7.81. The summed E-state index contributed by atoms with van der Waals surface area (Å²) < 4.78 is 5.34. The molecule has 1 saturated heterocycles. The van der Waals surface area contributed by atoms with Crippen LogP contribution in [-0.2, 0) is 6.54 Å². The van der Waals surface area contributed by atoms with E-state index >= 15 is 0 Å². The lowest BCUT2D eigenvalue weighted by Crippen LogP contribution is -2.43. The topological polar surface area (TPSA) is 24.5 Å². The fraction of sp³-hybridized carbons (Fsp3) is 0.667. The minimum Gasteiger partial charge on any atom is -0.497 e. The van der Waals surface area contributed by atoms with Gasteiger partial charge in [0.15, 0.2) is 0 Å². The van der Waals surface area contributed by atoms with Gasteiger partial charge in [0, 0.05) is 25.2 Å². The van der Waals surface area contributed by atoms with E-state index < -0.39 is 0 Å². The predicted molar refractivity (Wildman–Crippen MR) is 88.7 cm³/mol. The molecule has 3 atom stereocenters. The monoisotopic (exact) mass is 290 g/mol. The molecule has 0 saturated carbocycles. The van der Waals surface area contributed by atoms with Crippen LogP contribution in [0.3, 0.4) is 0 Å². The Morgan fingerprint density at radius 2 is 2.24 bits per heavy atom. The van der Waals surface area contributed by atoms with Crippen LogP contribution in [0, 0.1) is 5.92 Å². The largest absolute Gasteiger partial charge is 0.497 e. The van der Waals surface area contributed by atoms with Crippen LogP contribution in [0.2, 0.25) is 0 Å². The van der Waals surface area contributed by atoms with Crippen molar-refractivity contribution in [1.29, 1.82) is 0 Å². The van der Waals surface area contributed by atoms with E-state index in [-0.39, 0.29) is 0 Å². The lowest BCUT2D eigenvalue weighted by molar-refractivity contribution is 0.180. The SMILES string of the molecule is CCC(C)C1CN(Cc2cccc(OC)c2)C(C)CCN1. The number of nitrogens with one attached hydrogen (secondary N) is 1. The molecule has 1 aliphatic rings. The lowest BCUT2D eigenvalue weighted by atomic mass is 9.98. The highest BCUT2D eigenvalue weighted by Gasteiger charge is 2.25. The third kappa shape index (κ3) is 4.45. The maximum absolute atomic E-state index is 5.34. The summed E-state index contributed by atoms with van der Waals surface area (Å²) in [6, 6.07) is 9.68. The zero-order valence-corrected chi connectivity index (χ0v) is 13.9. The molecule has 3 nitrogen and oxygen atoms in total. The Kier molecular flexibility index (Phi) is 6.07. The van der Waals surface area contributed by atoms with E-state index in [0.717, 1.165) is 31.3 Å². The minimum absolute atomic E-state index is 0.602. The lowest BCUT2D eigenvalue weighted by Gasteiger charge is -2.31. The Balaban J connectivity index is 2.07. The molecule has 0 radical (unpaired) electrons. The van der Waals surface area contributed by atoms with Crippen molar-refractivity contribution in [2.75, 3.05) is 20.2 Å². The van der Waals surface area contributed by atoms with Gasteiger partial charge in [-0.3, -0.25) is 4.90 Å². The quantitative estimate of drug-likeness (QED) is 0.900. The van der Waals surface area contributed by atoms with Gasteiger partial charge in [-0.25, -0.2) is 0 Å². The van der Waals surface area contributed by atoms with E-state index in [9.17, 15) is 0 Å². The first-order valence-corrected chi connectivity index (χ1v) is 8.24. The Morgan fingerprint density at radius 1 is 1.43 bits per heavy atom. The van der Waals surface area contributed by atoms with Crippen molar-refractivity contribution in [2.24, 2.45) is 5.92 Å². The van der Waals surface area contributed by atoms with E-state index in [4.69, 9.17) is 4.74 Å². The second-order valence-electron chi connectivity index (χ2n) is 6.36. The third-order valence-electron chi connectivity index (χ3n) is 4.87. The molecule has 118 valence electrons. The summed E-state index contributed by atoms with van der Waals surface area (Å²) in [5.74, 6) is 1.68. The van der Waals surface area contributed by atoms with Crippen molar-refractivity contribution in [3.8, 4) is 5.75 Å². The first-order valence-electron chi connectivity index (χ1n) is 8.24. The molecule has 2 rings (SSSR count). The van der Waals surface area contributed by atoms with Gasteiger partial charge >= 0.3 is 0 Å². The molecule has 3 heteroatoms. The van der Waals surface area contributed by atoms with Crippen LogP contribution in [0.4, 0.5) is 0 Å². The van der Waals surface area contributed by atoms with E-state index in [2.05, 4.69) is 49.2 Å². The second-order valence-corrected chi connectivity index (χ2v) is 6.36. The number of rotatable bonds is 5. The zero-order chi connectivity index (χ0) is 15.2. The van der Waals surface area contributed by atoms with E-state index in [1.54, 1.807) is 7.11 Å². The summed E-state index contributed by atoms with van der Waals surface area (Å²) >= 11 is 0. The van der Waals surface area contributed by atoms with Crippen molar-refractivity contribution >= 4 is 0 Å². The first-order chi connectivity index (χ1) is 10.1. The molecule has 0 aliphatic carbocycles. The fourth-order valence-corrected chi connectivity index (χ4v) is 3.05. The maximum atomic E-state index is 5.34. The molecular weight excluding hydrogens is 260 g/mol. The van der Waals surface area contributed by atoms with Gasteiger partial charge in [0.25, 0.3) is 0 Å². The number of methoxy groups -OCH3 is 1. The van der Waals surface area contributed by atoms with Crippen LogP contribution >= 0.6 is 0 Å². The van der Waals surface area contributed by atoms with Crippen LogP contribution in [-0.4, -0.2) is 37.2 Å². The number of ether oxygens (including phenoxy) is 1. The van der Waals surface area contributed by atoms with Gasteiger partial charge in [0.1, 0.15) is 5.75 Å². The minimum atomic E-state index is 0.602. The Hall–Kier alpha value is -1.06. The molecule has 21 heavy (non-hydrogen) atoms. The summed E-state index contributed by atoms with van der Waals surface area (Å²) in [5.41, 5.74) is 1.34. The Morgan fingerprint density at radius 3 is 2.95 bits per heavy atom. The van der Waals surface area contributed by atoms with Crippen LogP contribution in [0.25, 0.3) is 0 Å². The van der Waals surface area contributed by atoms with Crippen LogP contribution < -0.4 is 10.1 Å². The molecule has 0 bridgehead atoms. The predicted octanol–water partition coefficient (Wildman–Crippen LogP) is 3.29. The molecule has 1 heterocycles. The zero-order valence-electron chi connectivity index (χ0n) is 13.9. The molecule has 3 unspecified atom stereocenters. The molecule has 0 amide bonds. The highest BCUT2D eigenvalue weighted by Crippen LogP contribution is 2.20.